The van der Waals surface area contributed by atoms with Gasteiger partial charge in [0.2, 0.25) is 11.9 Å². The van der Waals surface area contributed by atoms with Crippen molar-refractivity contribution in [2.24, 2.45) is 0 Å². The van der Waals surface area contributed by atoms with Gasteiger partial charge in [-0.25, -0.2) is 15.0 Å². The predicted molar refractivity (Wildman–Crippen MR) is 108 cm³/mol. The summed E-state index contributed by atoms with van der Waals surface area (Å²) in [5, 5.41) is 4.63. The molecule has 0 amide bonds. The number of hydrogen-bond acceptors (Lipinski definition) is 5. The molecular weight excluding hydrogens is 362 g/mol. The molecule has 0 radical (unpaired) electrons. The second-order valence-corrected chi connectivity index (χ2v) is 6.65. The summed E-state index contributed by atoms with van der Waals surface area (Å²) < 4.78 is 0. The first-order chi connectivity index (χ1) is 13.0. The Morgan fingerprint density at radius 3 is 2.56 bits per heavy atom. The lowest BCUT2D eigenvalue weighted by atomic mass is 10.1. The van der Waals surface area contributed by atoms with Gasteiger partial charge in [-0.05, 0) is 31.5 Å². The number of fused-ring (bicyclic) bond motifs is 1. The lowest BCUT2D eigenvalue weighted by Gasteiger charge is -2.09. The highest BCUT2D eigenvalue weighted by Crippen LogP contribution is 2.22. The molecule has 0 spiro atoms. The molecule has 0 aliphatic heterocycles. The minimum atomic E-state index is -0.272. The molecule has 2 N–H and O–H groups in total. The average Bonchev–Trinajstić information content (AvgIpc) is 2.63. The summed E-state index contributed by atoms with van der Waals surface area (Å²) in [6.45, 7) is 3.93. The molecule has 2 heterocycles. The summed E-state index contributed by atoms with van der Waals surface area (Å²) in [6, 6.07) is 14.5. The number of halogens is 1. The Morgan fingerprint density at radius 2 is 1.78 bits per heavy atom. The van der Waals surface area contributed by atoms with Gasteiger partial charge in [-0.2, -0.15) is 0 Å². The zero-order valence-electron chi connectivity index (χ0n) is 14.7. The number of anilines is 2. The quantitative estimate of drug-likeness (QED) is 0.553. The number of rotatable bonds is 3. The molecule has 0 fully saturated rings. The van der Waals surface area contributed by atoms with E-state index in [4.69, 9.17) is 11.6 Å². The Bertz CT molecular complexity index is 1200. The van der Waals surface area contributed by atoms with Crippen LogP contribution < -0.4 is 10.9 Å². The van der Waals surface area contributed by atoms with Gasteiger partial charge >= 0.3 is 0 Å². The van der Waals surface area contributed by atoms with Crippen molar-refractivity contribution in [3.63, 3.8) is 0 Å². The highest BCUT2D eigenvalue weighted by atomic mass is 35.5. The molecule has 0 saturated heterocycles. The van der Waals surface area contributed by atoms with E-state index in [1.807, 2.05) is 44.2 Å². The number of aromatic amines is 1. The fraction of sp³-hybridized carbons (Fsp3) is 0.100. The number of hydrogen-bond donors (Lipinski definition) is 2. The van der Waals surface area contributed by atoms with Crippen LogP contribution >= 0.6 is 11.6 Å². The molecule has 0 atom stereocenters. The van der Waals surface area contributed by atoms with Crippen LogP contribution in [0.5, 0.6) is 0 Å². The van der Waals surface area contributed by atoms with E-state index in [1.54, 1.807) is 12.1 Å². The van der Waals surface area contributed by atoms with Crippen LogP contribution in [0, 0.1) is 13.8 Å². The second-order valence-electron chi connectivity index (χ2n) is 6.21. The summed E-state index contributed by atoms with van der Waals surface area (Å²) in [7, 11) is 0. The Kier molecular flexibility index (Phi) is 4.33. The molecule has 2 aromatic carbocycles. The van der Waals surface area contributed by atoms with E-state index < -0.39 is 0 Å². The van der Waals surface area contributed by atoms with Crippen LogP contribution in [0.1, 0.15) is 11.3 Å². The van der Waals surface area contributed by atoms with Gasteiger partial charge in [0, 0.05) is 22.0 Å². The van der Waals surface area contributed by atoms with E-state index in [0.717, 1.165) is 27.7 Å². The van der Waals surface area contributed by atoms with E-state index in [-0.39, 0.29) is 11.5 Å². The zero-order chi connectivity index (χ0) is 19.0. The molecule has 0 aliphatic rings. The van der Waals surface area contributed by atoms with Crippen molar-refractivity contribution in [1.29, 1.82) is 0 Å². The predicted octanol–water partition coefficient (Wildman–Crippen LogP) is 4.39. The lowest BCUT2D eigenvalue weighted by Crippen LogP contribution is -2.12. The molecule has 0 aliphatic carbocycles. The molecule has 6 nitrogen and oxygen atoms in total. The molecule has 134 valence electrons. The number of aromatic nitrogens is 4. The molecule has 7 heteroatoms. The van der Waals surface area contributed by atoms with Crippen molar-refractivity contribution >= 4 is 34.4 Å². The summed E-state index contributed by atoms with van der Waals surface area (Å²) >= 11 is 5.93. The Labute approximate surface area is 160 Å². The van der Waals surface area contributed by atoms with Gasteiger partial charge in [0.15, 0.2) is 0 Å². The summed E-state index contributed by atoms with van der Waals surface area (Å²) in [6.07, 6.45) is 0. The van der Waals surface area contributed by atoms with Crippen LogP contribution in [0.15, 0.2) is 53.3 Å². The van der Waals surface area contributed by atoms with Gasteiger partial charge in [-0.3, -0.25) is 15.1 Å². The van der Waals surface area contributed by atoms with Crippen molar-refractivity contribution in [2.45, 2.75) is 13.8 Å². The van der Waals surface area contributed by atoms with Crippen molar-refractivity contribution in [3.8, 4) is 11.3 Å². The van der Waals surface area contributed by atoms with Crippen LogP contribution in [-0.4, -0.2) is 19.9 Å². The van der Waals surface area contributed by atoms with Crippen molar-refractivity contribution in [2.75, 3.05) is 5.32 Å². The zero-order valence-corrected chi connectivity index (χ0v) is 15.5. The van der Waals surface area contributed by atoms with E-state index in [9.17, 15) is 4.79 Å². The summed E-state index contributed by atoms with van der Waals surface area (Å²) in [5.74, 6) is 0.658. The number of aryl methyl sites for hydroxylation is 2. The van der Waals surface area contributed by atoms with E-state index in [1.165, 1.54) is 6.07 Å². The number of H-pyrrole nitrogens is 1. The fourth-order valence-corrected chi connectivity index (χ4v) is 3.02. The van der Waals surface area contributed by atoms with Crippen molar-refractivity contribution in [1.82, 2.24) is 19.9 Å². The van der Waals surface area contributed by atoms with Gasteiger partial charge in [-0.15, -0.1) is 0 Å². The Balaban J connectivity index is 1.75. The molecular formula is C20H16ClN5O. The van der Waals surface area contributed by atoms with Gasteiger partial charge < -0.3 is 0 Å². The van der Waals surface area contributed by atoms with Gasteiger partial charge in [-0.1, -0.05) is 41.9 Å². The topological polar surface area (TPSA) is 83.6 Å². The van der Waals surface area contributed by atoms with Crippen LogP contribution in [0.2, 0.25) is 5.02 Å². The number of para-hydroxylation sites is 1. The van der Waals surface area contributed by atoms with Gasteiger partial charge in [0.05, 0.1) is 16.9 Å². The van der Waals surface area contributed by atoms with Crippen LogP contribution in [0.3, 0.4) is 0 Å². The third-order valence-electron chi connectivity index (χ3n) is 4.23. The van der Waals surface area contributed by atoms with E-state index in [0.29, 0.717) is 16.7 Å². The molecule has 0 unspecified atom stereocenters. The number of nitrogens with one attached hydrogen (secondary N) is 2. The highest BCUT2D eigenvalue weighted by molar-refractivity contribution is 6.30. The minimum Gasteiger partial charge on any atom is -0.294 e. The first kappa shape index (κ1) is 17.2. The van der Waals surface area contributed by atoms with Gasteiger partial charge in [0.1, 0.15) is 0 Å². The monoisotopic (exact) mass is 377 g/mol. The lowest BCUT2D eigenvalue weighted by molar-refractivity contribution is 1.08. The van der Waals surface area contributed by atoms with E-state index in [2.05, 4.69) is 25.3 Å². The second kappa shape index (κ2) is 6.81. The normalized spacial score (nSPS) is 10.9. The van der Waals surface area contributed by atoms with Gasteiger partial charge in [0.25, 0.3) is 5.56 Å². The van der Waals surface area contributed by atoms with Crippen LogP contribution in [0.4, 0.5) is 11.9 Å². The molecule has 27 heavy (non-hydrogen) atoms. The third-order valence-corrected chi connectivity index (χ3v) is 4.48. The number of benzene rings is 2. The Hall–Kier alpha value is -3.25. The van der Waals surface area contributed by atoms with Crippen molar-refractivity contribution < 1.29 is 0 Å². The first-order valence-electron chi connectivity index (χ1n) is 8.38. The largest absolute Gasteiger partial charge is 0.294 e. The molecule has 2 aromatic heterocycles. The standard InChI is InChI=1S/C20H16ClN5O/c1-11-4-3-5-15-12(2)22-19(25-18(11)15)26-20-23-16(10-17(27)24-20)13-6-8-14(21)9-7-13/h3-10H,1-2H3,(H2,22,23,24,25,26,27). The smallest absolute Gasteiger partial charge is 0.252 e. The summed E-state index contributed by atoms with van der Waals surface area (Å²) in [4.78, 5) is 28.3. The average molecular weight is 378 g/mol. The van der Waals surface area contributed by atoms with Crippen molar-refractivity contribution in [3.05, 3.63) is 75.2 Å². The molecule has 4 rings (SSSR count). The first-order valence-corrected chi connectivity index (χ1v) is 8.76. The molecule has 0 bridgehead atoms. The van der Waals surface area contributed by atoms with Crippen LogP contribution in [-0.2, 0) is 0 Å². The highest BCUT2D eigenvalue weighted by Gasteiger charge is 2.09. The number of nitrogens with zero attached hydrogens (tertiary/aromatic N) is 3. The van der Waals surface area contributed by atoms with Crippen LogP contribution in [0.25, 0.3) is 22.2 Å². The maximum absolute atomic E-state index is 12.1. The Morgan fingerprint density at radius 1 is 1.00 bits per heavy atom. The maximum atomic E-state index is 12.1. The third kappa shape index (κ3) is 3.52. The SMILES string of the molecule is Cc1nc(Nc2nc(-c3ccc(Cl)cc3)cc(=O)[nH]2)nc2c(C)cccc12. The fourth-order valence-electron chi connectivity index (χ4n) is 2.90. The van der Waals surface area contributed by atoms with E-state index >= 15 is 0 Å². The summed E-state index contributed by atoms with van der Waals surface area (Å²) in [5.41, 5.74) is 3.82. The molecule has 0 saturated carbocycles. The minimum absolute atomic E-state index is 0.272. The molecule has 4 aromatic rings. The maximum Gasteiger partial charge on any atom is 0.252 e.